The third kappa shape index (κ3) is 3.46. The lowest BCUT2D eigenvalue weighted by atomic mass is 10.3. The summed E-state index contributed by atoms with van der Waals surface area (Å²) in [6.45, 7) is 3.65. The Kier molecular flexibility index (Phi) is 3.49. The van der Waals surface area contributed by atoms with Crippen LogP contribution < -0.4 is 16.2 Å². The molecule has 1 aromatic rings. The maximum atomic E-state index is 13.4. The van der Waals surface area contributed by atoms with Gasteiger partial charge in [-0.05, 0) is 26.0 Å². The Bertz CT molecular complexity index is 373. The van der Waals surface area contributed by atoms with Crippen LogP contribution >= 0.6 is 0 Å². The van der Waals surface area contributed by atoms with Gasteiger partial charge in [-0.1, -0.05) is 0 Å². The van der Waals surface area contributed by atoms with E-state index in [0.717, 1.165) is 0 Å². The van der Waals surface area contributed by atoms with Gasteiger partial charge in [0.1, 0.15) is 0 Å². The van der Waals surface area contributed by atoms with Crippen molar-refractivity contribution in [3.05, 3.63) is 24.0 Å². The number of hydrogen-bond acceptors (Lipinski definition) is 2. The van der Waals surface area contributed by atoms with E-state index in [2.05, 4.69) is 4.99 Å². The molecule has 0 aliphatic heterocycles. The summed E-state index contributed by atoms with van der Waals surface area (Å²) in [7, 11) is 0. The lowest BCUT2D eigenvalue weighted by Gasteiger charge is -2.10. The number of benzene rings is 1. The molecular formula is C10H14FN3O. The van der Waals surface area contributed by atoms with Crippen LogP contribution in [0.3, 0.4) is 0 Å². The third-order valence-corrected chi connectivity index (χ3v) is 1.54. The number of ether oxygens (including phenoxy) is 1. The SMILES string of the molecule is CC(C)Oc1ccc(N=C(N)N)cc1F. The maximum absolute atomic E-state index is 13.4. The Morgan fingerprint density at radius 1 is 1.40 bits per heavy atom. The van der Waals surface area contributed by atoms with Crippen molar-refractivity contribution in [2.24, 2.45) is 16.5 Å². The van der Waals surface area contributed by atoms with Gasteiger partial charge in [0.25, 0.3) is 0 Å². The highest BCUT2D eigenvalue weighted by molar-refractivity contribution is 5.79. The van der Waals surface area contributed by atoms with Crippen molar-refractivity contribution < 1.29 is 9.13 Å². The van der Waals surface area contributed by atoms with Crippen molar-refractivity contribution >= 4 is 11.6 Å². The lowest BCUT2D eigenvalue weighted by Crippen LogP contribution is -2.21. The fourth-order valence-corrected chi connectivity index (χ4v) is 1.06. The van der Waals surface area contributed by atoms with Gasteiger partial charge in [-0.3, -0.25) is 0 Å². The zero-order valence-corrected chi connectivity index (χ0v) is 8.70. The number of guanidine groups is 1. The fraction of sp³-hybridized carbons (Fsp3) is 0.300. The number of aliphatic imine (C=N–C) groups is 1. The van der Waals surface area contributed by atoms with E-state index in [0.29, 0.717) is 5.69 Å². The third-order valence-electron chi connectivity index (χ3n) is 1.54. The molecule has 0 bridgehead atoms. The van der Waals surface area contributed by atoms with Crippen LogP contribution in [0.5, 0.6) is 5.75 Å². The summed E-state index contributed by atoms with van der Waals surface area (Å²) in [6, 6.07) is 4.30. The van der Waals surface area contributed by atoms with Crippen LogP contribution in [0.2, 0.25) is 0 Å². The first kappa shape index (κ1) is 11.3. The molecule has 4 N–H and O–H groups in total. The van der Waals surface area contributed by atoms with Crippen LogP contribution in [-0.2, 0) is 0 Å². The second-order valence-electron chi connectivity index (χ2n) is 3.32. The summed E-state index contributed by atoms with van der Waals surface area (Å²) < 4.78 is 18.6. The highest BCUT2D eigenvalue weighted by atomic mass is 19.1. The standard InChI is InChI=1S/C10H14FN3O/c1-6(2)15-9-4-3-7(5-8(9)11)14-10(12)13/h3-6H,1-2H3,(H4,12,13,14). The molecule has 0 heterocycles. The fourth-order valence-electron chi connectivity index (χ4n) is 1.06. The normalized spacial score (nSPS) is 10.1. The molecule has 0 atom stereocenters. The van der Waals surface area contributed by atoms with Crippen molar-refractivity contribution in [1.82, 2.24) is 0 Å². The van der Waals surface area contributed by atoms with E-state index in [1.165, 1.54) is 12.1 Å². The first-order chi connectivity index (χ1) is 6.99. The zero-order chi connectivity index (χ0) is 11.4. The second kappa shape index (κ2) is 4.63. The first-order valence-corrected chi connectivity index (χ1v) is 4.55. The van der Waals surface area contributed by atoms with E-state index in [4.69, 9.17) is 16.2 Å². The number of halogens is 1. The molecule has 0 aliphatic carbocycles. The number of rotatable bonds is 3. The van der Waals surface area contributed by atoms with E-state index >= 15 is 0 Å². The Balaban J connectivity index is 2.93. The Morgan fingerprint density at radius 3 is 2.53 bits per heavy atom. The van der Waals surface area contributed by atoms with Gasteiger partial charge in [-0.15, -0.1) is 0 Å². The van der Waals surface area contributed by atoms with Gasteiger partial charge in [0.05, 0.1) is 11.8 Å². The minimum Gasteiger partial charge on any atom is -0.488 e. The van der Waals surface area contributed by atoms with Crippen LogP contribution in [0, 0.1) is 5.82 Å². The minimum atomic E-state index is -0.480. The smallest absolute Gasteiger partial charge is 0.191 e. The molecule has 5 heteroatoms. The van der Waals surface area contributed by atoms with Crippen molar-refractivity contribution in [3.63, 3.8) is 0 Å². The van der Waals surface area contributed by atoms with Crippen molar-refractivity contribution in [2.75, 3.05) is 0 Å². The van der Waals surface area contributed by atoms with E-state index in [-0.39, 0.29) is 17.8 Å². The summed E-state index contributed by atoms with van der Waals surface area (Å²) in [5.41, 5.74) is 10.7. The van der Waals surface area contributed by atoms with E-state index in [1.807, 2.05) is 13.8 Å². The molecule has 82 valence electrons. The van der Waals surface area contributed by atoms with Gasteiger partial charge >= 0.3 is 0 Å². The van der Waals surface area contributed by atoms with Gasteiger partial charge < -0.3 is 16.2 Å². The molecule has 4 nitrogen and oxygen atoms in total. The quantitative estimate of drug-likeness (QED) is 0.588. The molecule has 0 saturated carbocycles. The van der Waals surface area contributed by atoms with E-state index in [9.17, 15) is 4.39 Å². The maximum Gasteiger partial charge on any atom is 0.191 e. The molecule has 0 radical (unpaired) electrons. The lowest BCUT2D eigenvalue weighted by molar-refractivity contribution is 0.231. The molecule has 0 aliphatic rings. The minimum absolute atomic E-state index is 0.0755. The highest BCUT2D eigenvalue weighted by Crippen LogP contribution is 2.23. The molecule has 15 heavy (non-hydrogen) atoms. The molecule has 0 saturated heterocycles. The van der Waals surface area contributed by atoms with Crippen molar-refractivity contribution in [2.45, 2.75) is 20.0 Å². The summed E-state index contributed by atoms with van der Waals surface area (Å²) in [5, 5.41) is 0. The molecular weight excluding hydrogens is 197 g/mol. The van der Waals surface area contributed by atoms with Crippen LogP contribution in [0.4, 0.5) is 10.1 Å². The van der Waals surface area contributed by atoms with Crippen LogP contribution in [-0.4, -0.2) is 12.1 Å². The van der Waals surface area contributed by atoms with Gasteiger partial charge in [0, 0.05) is 6.07 Å². The average Bonchev–Trinajstić information content (AvgIpc) is 2.08. The van der Waals surface area contributed by atoms with E-state index < -0.39 is 5.82 Å². The van der Waals surface area contributed by atoms with Gasteiger partial charge in [-0.2, -0.15) is 0 Å². The molecule has 0 amide bonds. The predicted molar refractivity (Wildman–Crippen MR) is 57.6 cm³/mol. The summed E-state index contributed by atoms with van der Waals surface area (Å²) in [6.07, 6.45) is -0.0755. The van der Waals surface area contributed by atoms with E-state index in [1.54, 1.807) is 6.07 Å². The molecule has 0 aromatic heterocycles. The van der Waals surface area contributed by atoms with Gasteiger partial charge in [0.15, 0.2) is 17.5 Å². The summed E-state index contributed by atoms with van der Waals surface area (Å²) >= 11 is 0. The Labute approximate surface area is 87.7 Å². The van der Waals surface area contributed by atoms with Crippen LogP contribution in [0.15, 0.2) is 23.2 Å². The monoisotopic (exact) mass is 211 g/mol. The summed E-state index contributed by atoms with van der Waals surface area (Å²) in [5.74, 6) is -0.391. The number of hydrogen-bond donors (Lipinski definition) is 2. The Morgan fingerprint density at radius 2 is 2.07 bits per heavy atom. The predicted octanol–water partition coefficient (Wildman–Crippen LogP) is 1.52. The Hall–Kier alpha value is -1.78. The molecule has 0 spiro atoms. The highest BCUT2D eigenvalue weighted by Gasteiger charge is 2.05. The first-order valence-electron chi connectivity index (χ1n) is 4.55. The van der Waals surface area contributed by atoms with Crippen molar-refractivity contribution in [3.8, 4) is 5.75 Å². The number of nitrogens with two attached hydrogens (primary N) is 2. The second-order valence-corrected chi connectivity index (χ2v) is 3.32. The van der Waals surface area contributed by atoms with Crippen LogP contribution in [0.1, 0.15) is 13.8 Å². The topological polar surface area (TPSA) is 73.6 Å². The molecule has 0 fully saturated rings. The zero-order valence-electron chi connectivity index (χ0n) is 8.70. The molecule has 1 rings (SSSR count). The average molecular weight is 211 g/mol. The van der Waals surface area contributed by atoms with Gasteiger partial charge in [-0.25, -0.2) is 9.38 Å². The van der Waals surface area contributed by atoms with Crippen LogP contribution in [0.25, 0.3) is 0 Å². The largest absolute Gasteiger partial charge is 0.488 e. The van der Waals surface area contributed by atoms with Gasteiger partial charge in [0.2, 0.25) is 0 Å². The van der Waals surface area contributed by atoms with Crippen molar-refractivity contribution in [1.29, 1.82) is 0 Å². The summed E-state index contributed by atoms with van der Waals surface area (Å²) in [4.78, 5) is 3.72. The molecule has 0 unspecified atom stereocenters. The molecule has 1 aromatic carbocycles. The number of nitrogens with zero attached hydrogens (tertiary/aromatic N) is 1.